The summed E-state index contributed by atoms with van der Waals surface area (Å²) in [5, 5.41) is 8.53. The fourth-order valence-electron chi connectivity index (χ4n) is 2.75. The standard InChI is InChI=1S/C20H34O3/c1-2-18-19(23-18)16-14-12-10-8-6-4-3-5-7-9-11-13-15-17-20(21)22/h3,5,12,14,18-19H,2,4,6-11,13,15-17H2,1H3,(H,21,22). The van der Waals surface area contributed by atoms with Crippen LogP contribution in [0.2, 0.25) is 0 Å². The molecule has 1 aliphatic rings. The Morgan fingerprint density at radius 1 is 0.870 bits per heavy atom. The minimum Gasteiger partial charge on any atom is -0.481 e. The van der Waals surface area contributed by atoms with Crippen LogP contribution in [0.1, 0.15) is 84.0 Å². The predicted octanol–water partition coefficient (Wildman–Crippen LogP) is 5.65. The Morgan fingerprint density at radius 3 is 2.00 bits per heavy atom. The van der Waals surface area contributed by atoms with Crippen LogP contribution in [0.5, 0.6) is 0 Å². The third kappa shape index (κ3) is 12.1. The number of epoxide rings is 1. The topological polar surface area (TPSA) is 49.8 Å². The first kappa shape index (κ1) is 20.0. The van der Waals surface area contributed by atoms with E-state index in [0.29, 0.717) is 18.6 Å². The summed E-state index contributed by atoms with van der Waals surface area (Å²) in [6.07, 6.45) is 22.9. The second kappa shape index (κ2) is 13.4. The van der Waals surface area contributed by atoms with Crippen LogP contribution in [0.4, 0.5) is 0 Å². The molecule has 0 radical (unpaired) electrons. The molecule has 132 valence electrons. The third-order valence-corrected chi connectivity index (χ3v) is 4.29. The van der Waals surface area contributed by atoms with Crippen LogP contribution >= 0.6 is 0 Å². The molecule has 0 aromatic rings. The number of ether oxygens (including phenoxy) is 1. The Labute approximate surface area is 141 Å². The Bertz CT molecular complexity index is 360. The lowest BCUT2D eigenvalue weighted by atomic mass is 10.1. The van der Waals surface area contributed by atoms with Crippen molar-refractivity contribution in [2.45, 2.75) is 96.2 Å². The molecule has 2 unspecified atom stereocenters. The molecule has 0 amide bonds. The molecule has 1 rings (SSSR count). The first-order valence-electron chi connectivity index (χ1n) is 9.41. The number of hydrogen-bond donors (Lipinski definition) is 1. The van der Waals surface area contributed by atoms with Crippen molar-refractivity contribution in [2.24, 2.45) is 0 Å². The number of hydrogen-bond acceptors (Lipinski definition) is 2. The molecule has 0 aromatic heterocycles. The third-order valence-electron chi connectivity index (χ3n) is 4.29. The summed E-state index contributed by atoms with van der Waals surface area (Å²) in [5.41, 5.74) is 0. The number of allylic oxidation sites excluding steroid dienone is 3. The zero-order valence-corrected chi connectivity index (χ0v) is 14.7. The highest BCUT2D eigenvalue weighted by Crippen LogP contribution is 2.28. The maximum absolute atomic E-state index is 10.4. The maximum atomic E-state index is 10.4. The zero-order chi connectivity index (χ0) is 16.8. The van der Waals surface area contributed by atoms with Crippen molar-refractivity contribution >= 4 is 5.97 Å². The Balaban J connectivity index is 1.76. The highest BCUT2D eigenvalue weighted by molar-refractivity contribution is 5.66. The lowest BCUT2D eigenvalue weighted by Crippen LogP contribution is -1.93. The van der Waals surface area contributed by atoms with Crippen LogP contribution in [0.25, 0.3) is 0 Å². The monoisotopic (exact) mass is 322 g/mol. The van der Waals surface area contributed by atoms with Gasteiger partial charge in [-0.25, -0.2) is 0 Å². The number of aliphatic carboxylic acids is 1. The van der Waals surface area contributed by atoms with Crippen LogP contribution in [0.3, 0.4) is 0 Å². The van der Waals surface area contributed by atoms with Crippen LogP contribution in [-0.2, 0) is 9.53 Å². The van der Waals surface area contributed by atoms with Crippen LogP contribution < -0.4 is 0 Å². The highest BCUT2D eigenvalue weighted by atomic mass is 16.6. The van der Waals surface area contributed by atoms with E-state index in [1.807, 2.05) is 0 Å². The van der Waals surface area contributed by atoms with Gasteiger partial charge in [0.05, 0.1) is 12.2 Å². The summed E-state index contributed by atoms with van der Waals surface area (Å²) in [6, 6.07) is 0. The molecular weight excluding hydrogens is 288 g/mol. The first-order valence-corrected chi connectivity index (χ1v) is 9.41. The molecule has 2 atom stereocenters. The van der Waals surface area contributed by atoms with E-state index in [4.69, 9.17) is 9.84 Å². The normalized spacial score (nSPS) is 20.6. The average Bonchev–Trinajstić information content (AvgIpc) is 3.29. The van der Waals surface area contributed by atoms with Crippen LogP contribution in [0, 0.1) is 0 Å². The molecule has 1 fully saturated rings. The van der Waals surface area contributed by atoms with E-state index < -0.39 is 5.97 Å². The zero-order valence-electron chi connectivity index (χ0n) is 14.7. The van der Waals surface area contributed by atoms with Gasteiger partial charge < -0.3 is 9.84 Å². The van der Waals surface area contributed by atoms with Crippen molar-refractivity contribution in [1.29, 1.82) is 0 Å². The quantitative estimate of drug-likeness (QED) is 0.241. The first-order chi connectivity index (χ1) is 11.2. The Morgan fingerprint density at radius 2 is 1.43 bits per heavy atom. The Hall–Kier alpha value is -1.09. The number of carbonyl (C=O) groups is 1. The van der Waals surface area contributed by atoms with E-state index >= 15 is 0 Å². The van der Waals surface area contributed by atoms with E-state index in [9.17, 15) is 4.79 Å². The van der Waals surface area contributed by atoms with E-state index in [1.54, 1.807) is 0 Å². The van der Waals surface area contributed by atoms with Gasteiger partial charge >= 0.3 is 5.97 Å². The van der Waals surface area contributed by atoms with Gasteiger partial charge in [-0.2, -0.15) is 0 Å². The summed E-state index contributed by atoms with van der Waals surface area (Å²) in [6.45, 7) is 2.18. The van der Waals surface area contributed by atoms with Crippen LogP contribution in [-0.4, -0.2) is 23.3 Å². The fourth-order valence-corrected chi connectivity index (χ4v) is 2.75. The van der Waals surface area contributed by atoms with Gasteiger partial charge in [0.1, 0.15) is 0 Å². The molecule has 1 saturated heterocycles. The molecule has 3 heteroatoms. The molecule has 1 N–H and O–H groups in total. The minimum atomic E-state index is -0.675. The maximum Gasteiger partial charge on any atom is 0.303 e. The van der Waals surface area contributed by atoms with Gasteiger partial charge in [0.25, 0.3) is 0 Å². The van der Waals surface area contributed by atoms with Crippen molar-refractivity contribution in [1.82, 2.24) is 0 Å². The van der Waals surface area contributed by atoms with Crippen molar-refractivity contribution < 1.29 is 14.6 Å². The van der Waals surface area contributed by atoms with Gasteiger partial charge in [-0.1, -0.05) is 44.1 Å². The summed E-state index contributed by atoms with van der Waals surface area (Å²) < 4.78 is 5.50. The predicted molar refractivity (Wildman–Crippen MR) is 95.7 cm³/mol. The van der Waals surface area contributed by atoms with Crippen molar-refractivity contribution in [3.63, 3.8) is 0 Å². The fraction of sp³-hybridized carbons (Fsp3) is 0.750. The summed E-state index contributed by atoms with van der Waals surface area (Å²) in [5.74, 6) is -0.675. The summed E-state index contributed by atoms with van der Waals surface area (Å²) in [4.78, 5) is 10.4. The molecular formula is C20H34O3. The summed E-state index contributed by atoms with van der Waals surface area (Å²) in [7, 11) is 0. The molecule has 3 nitrogen and oxygen atoms in total. The average molecular weight is 322 g/mol. The molecule has 0 aliphatic carbocycles. The van der Waals surface area contributed by atoms with E-state index in [0.717, 1.165) is 38.5 Å². The number of carboxylic acid groups (broad SMARTS) is 1. The van der Waals surface area contributed by atoms with Gasteiger partial charge in [0.15, 0.2) is 0 Å². The van der Waals surface area contributed by atoms with E-state index in [2.05, 4.69) is 31.2 Å². The molecule has 1 aliphatic heterocycles. The minimum absolute atomic E-state index is 0.317. The lowest BCUT2D eigenvalue weighted by Gasteiger charge is -1.97. The van der Waals surface area contributed by atoms with Gasteiger partial charge in [-0.3, -0.25) is 4.79 Å². The van der Waals surface area contributed by atoms with Gasteiger partial charge in [-0.05, 0) is 57.8 Å². The largest absolute Gasteiger partial charge is 0.481 e. The van der Waals surface area contributed by atoms with Crippen LogP contribution in [0.15, 0.2) is 24.3 Å². The van der Waals surface area contributed by atoms with Gasteiger partial charge in [-0.15, -0.1) is 0 Å². The number of carboxylic acids is 1. The lowest BCUT2D eigenvalue weighted by molar-refractivity contribution is -0.137. The highest BCUT2D eigenvalue weighted by Gasteiger charge is 2.35. The van der Waals surface area contributed by atoms with Gasteiger partial charge in [0, 0.05) is 6.42 Å². The molecule has 23 heavy (non-hydrogen) atoms. The van der Waals surface area contributed by atoms with Gasteiger partial charge in [0.2, 0.25) is 0 Å². The number of unbranched alkanes of at least 4 members (excludes halogenated alkanes) is 7. The molecule has 0 aromatic carbocycles. The second-order valence-electron chi connectivity index (χ2n) is 6.43. The summed E-state index contributed by atoms with van der Waals surface area (Å²) >= 11 is 0. The van der Waals surface area contributed by atoms with Crippen molar-refractivity contribution in [3.05, 3.63) is 24.3 Å². The molecule has 0 bridgehead atoms. The van der Waals surface area contributed by atoms with E-state index in [-0.39, 0.29) is 0 Å². The SMILES string of the molecule is CCC1OC1CC=CCCCCC=CCCCCCCC(=O)O. The smallest absolute Gasteiger partial charge is 0.303 e. The molecule has 0 saturated carbocycles. The van der Waals surface area contributed by atoms with Crippen molar-refractivity contribution in [3.8, 4) is 0 Å². The Kier molecular flexibility index (Phi) is 11.6. The van der Waals surface area contributed by atoms with E-state index in [1.165, 1.54) is 32.1 Å². The molecule has 0 spiro atoms. The number of rotatable bonds is 15. The van der Waals surface area contributed by atoms with Crippen molar-refractivity contribution in [2.75, 3.05) is 0 Å². The molecule has 1 heterocycles. The second-order valence-corrected chi connectivity index (χ2v) is 6.43.